The molecule has 0 aromatic heterocycles. The summed E-state index contributed by atoms with van der Waals surface area (Å²) in [6.07, 6.45) is 3.79. The summed E-state index contributed by atoms with van der Waals surface area (Å²) in [5.74, 6) is -0.302. The normalized spacial score (nSPS) is 13.9. The van der Waals surface area contributed by atoms with Crippen molar-refractivity contribution in [3.05, 3.63) is 30.3 Å². The number of para-hydroxylation sites is 1. The van der Waals surface area contributed by atoms with Crippen LogP contribution < -0.4 is 10.6 Å². The molecule has 1 aliphatic rings. The summed E-state index contributed by atoms with van der Waals surface area (Å²) < 4.78 is 0. The minimum Gasteiger partial charge on any atom is -0.396 e. The lowest BCUT2D eigenvalue weighted by Crippen LogP contribution is -2.43. The van der Waals surface area contributed by atoms with E-state index in [2.05, 4.69) is 15.5 Å². The van der Waals surface area contributed by atoms with E-state index in [4.69, 9.17) is 5.11 Å². The number of rotatable bonds is 8. The molecule has 0 unspecified atom stereocenters. The van der Waals surface area contributed by atoms with E-state index < -0.39 is 6.03 Å². The molecule has 1 aromatic carbocycles. The zero-order valence-corrected chi connectivity index (χ0v) is 12.6. The topological polar surface area (TPSA) is 81.7 Å². The summed E-state index contributed by atoms with van der Waals surface area (Å²) in [7, 11) is 0. The fraction of sp³-hybridized carbons (Fsp3) is 0.500. The van der Waals surface area contributed by atoms with Gasteiger partial charge in [-0.1, -0.05) is 18.2 Å². The molecule has 1 saturated carbocycles. The van der Waals surface area contributed by atoms with Crippen LogP contribution in [0.15, 0.2) is 30.3 Å². The number of nitrogens with one attached hydrogen (secondary N) is 2. The molecule has 22 heavy (non-hydrogen) atoms. The Balaban J connectivity index is 1.74. The molecule has 0 aliphatic heterocycles. The monoisotopic (exact) mass is 305 g/mol. The van der Waals surface area contributed by atoms with Crippen molar-refractivity contribution in [3.8, 4) is 0 Å². The minimum atomic E-state index is -0.512. The molecule has 1 aromatic rings. The largest absolute Gasteiger partial charge is 0.396 e. The fourth-order valence-electron chi connectivity index (χ4n) is 2.29. The number of urea groups is 1. The van der Waals surface area contributed by atoms with Crippen molar-refractivity contribution in [2.45, 2.75) is 31.7 Å². The highest BCUT2D eigenvalue weighted by Gasteiger charge is 2.30. The maximum absolute atomic E-state index is 12.0. The molecule has 0 atom stereocenters. The Morgan fingerprint density at radius 3 is 2.55 bits per heavy atom. The summed E-state index contributed by atoms with van der Waals surface area (Å²) in [5, 5.41) is 13.8. The summed E-state index contributed by atoms with van der Waals surface area (Å²) in [6.45, 7) is 1.17. The summed E-state index contributed by atoms with van der Waals surface area (Å²) in [6, 6.07) is 8.93. The molecule has 3 N–H and O–H groups in total. The van der Waals surface area contributed by atoms with Gasteiger partial charge < -0.3 is 10.4 Å². The highest BCUT2D eigenvalue weighted by Crippen LogP contribution is 2.26. The number of aliphatic hydroxyl groups is 1. The first-order valence-electron chi connectivity index (χ1n) is 7.70. The molecule has 1 fully saturated rings. The molecule has 120 valence electrons. The lowest BCUT2D eigenvalue weighted by Gasteiger charge is -2.20. The zero-order valence-electron chi connectivity index (χ0n) is 12.6. The molecule has 1 aliphatic carbocycles. The van der Waals surface area contributed by atoms with E-state index in [9.17, 15) is 9.59 Å². The number of hydrogen-bond acceptors (Lipinski definition) is 4. The highest BCUT2D eigenvalue weighted by molar-refractivity contribution is 6.01. The summed E-state index contributed by atoms with van der Waals surface area (Å²) in [5.41, 5.74) is 0.648. The van der Waals surface area contributed by atoms with Gasteiger partial charge in [0.1, 0.15) is 0 Å². The predicted molar refractivity (Wildman–Crippen MR) is 84.5 cm³/mol. The molecule has 0 heterocycles. The molecule has 0 bridgehead atoms. The van der Waals surface area contributed by atoms with Gasteiger partial charge in [0, 0.05) is 18.3 Å². The Bertz CT molecular complexity index is 489. The van der Waals surface area contributed by atoms with Gasteiger partial charge in [-0.2, -0.15) is 0 Å². The van der Waals surface area contributed by atoms with E-state index in [1.54, 1.807) is 12.1 Å². The number of benzene rings is 1. The van der Waals surface area contributed by atoms with Crippen LogP contribution in [0.2, 0.25) is 0 Å². The van der Waals surface area contributed by atoms with Crippen molar-refractivity contribution in [3.63, 3.8) is 0 Å². The van der Waals surface area contributed by atoms with E-state index >= 15 is 0 Å². The van der Waals surface area contributed by atoms with Gasteiger partial charge in [0.2, 0.25) is 5.91 Å². The Kier molecular flexibility index (Phi) is 6.36. The number of amides is 3. The Hall–Kier alpha value is -1.92. The van der Waals surface area contributed by atoms with Crippen molar-refractivity contribution < 1.29 is 14.7 Å². The molecule has 0 spiro atoms. The van der Waals surface area contributed by atoms with E-state index in [1.807, 2.05) is 18.2 Å². The van der Waals surface area contributed by atoms with E-state index in [-0.39, 0.29) is 19.1 Å². The van der Waals surface area contributed by atoms with Crippen LogP contribution in [0.5, 0.6) is 0 Å². The Morgan fingerprint density at radius 1 is 1.18 bits per heavy atom. The van der Waals surface area contributed by atoms with Gasteiger partial charge in [0.05, 0.1) is 6.54 Å². The van der Waals surface area contributed by atoms with Gasteiger partial charge in [-0.3, -0.25) is 15.0 Å². The number of hydrogen-bond donors (Lipinski definition) is 3. The molecule has 6 nitrogen and oxygen atoms in total. The number of imide groups is 1. The van der Waals surface area contributed by atoms with Crippen LogP contribution in [0.25, 0.3) is 0 Å². The maximum Gasteiger partial charge on any atom is 0.325 e. The van der Waals surface area contributed by atoms with Crippen LogP contribution in [-0.2, 0) is 4.79 Å². The maximum atomic E-state index is 12.0. The molecule has 3 amide bonds. The van der Waals surface area contributed by atoms with Gasteiger partial charge in [0.15, 0.2) is 0 Å². The van der Waals surface area contributed by atoms with Crippen molar-refractivity contribution in [1.29, 1.82) is 0 Å². The van der Waals surface area contributed by atoms with Crippen LogP contribution in [0, 0.1) is 0 Å². The smallest absolute Gasteiger partial charge is 0.325 e. The number of unbranched alkanes of at least 4 members (excludes halogenated alkanes) is 1. The van der Waals surface area contributed by atoms with Gasteiger partial charge in [-0.25, -0.2) is 4.79 Å². The van der Waals surface area contributed by atoms with Gasteiger partial charge in [0.25, 0.3) is 0 Å². The van der Waals surface area contributed by atoms with Crippen LogP contribution in [-0.4, -0.2) is 47.7 Å². The average Bonchev–Trinajstić information content (AvgIpc) is 3.32. The second-order valence-corrected chi connectivity index (χ2v) is 5.50. The zero-order chi connectivity index (χ0) is 15.8. The number of carbonyl (C=O) groups excluding carboxylic acids is 2. The number of nitrogens with zero attached hydrogens (tertiary/aromatic N) is 1. The second kappa shape index (κ2) is 8.51. The number of aliphatic hydroxyl groups excluding tert-OH is 1. The van der Waals surface area contributed by atoms with Crippen molar-refractivity contribution >= 4 is 17.6 Å². The third-order valence-corrected chi connectivity index (χ3v) is 3.55. The van der Waals surface area contributed by atoms with Gasteiger partial charge in [-0.15, -0.1) is 0 Å². The molecular formula is C16H23N3O3. The SMILES string of the molecule is O=C(CN(CCCCO)C1CC1)NC(=O)Nc1ccccc1. The van der Waals surface area contributed by atoms with Gasteiger partial charge >= 0.3 is 6.03 Å². The minimum absolute atomic E-state index is 0.171. The van der Waals surface area contributed by atoms with Crippen LogP contribution in [0.4, 0.5) is 10.5 Å². The quantitative estimate of drug-likeness (QED) is 0.637. The second-order valence-electron chi connectivity index (χ2n) is 5.50. The molecule has 2 rings (SSSR count). The van der Waals surface area contributed by atoms with Crippen LogP contribution >= 0.6 is 0 Å². The fourth-order valence-corrected chi connectivity index (χ4v) is 2.29. The van der Waals surface area contributed by atoms with Crippen molar-refractivity contribution in [2.24, 2.45) is 0 Å². The molecule has 0 saturated heterocycles. The Labute approximate surface area is 130 Å². The summed E-state index contributed by atoms with van der Waals surface area (Å²) in [4.78, 5) is 25.8. The first-order chi connectivity index (χ1) is 10.7. The first-order valence-corrected chi connectivity index (χ1v) is 7.70. The van der Waals surface area contributed by atoms with Crippen molar-refractivity contribution in [1.82, 2.24) is 10.2 Å². The third-order valence-electron chi connectivity index (χ3n) is 3.55. The molecule has 0 radical (unpaired) electrons. The molecule has 6 heteroatoms. The predicted octanol–water partition coefficient (Wildman–Crippen LogP) is 1.57. The van der Waals surface area contributed by atoms with Crippen molar-refractivity contribution in [2.75, 3.05) is 25.0 Å². The number of carbonyl (C=O) groups is 2. The highest BCUT2D eigenvalue weighted by atomic mass is 16.3. The van der Waals surface area contributed by atoms with Gasteiger partial charge in [-0.05, 0) is 44.4 Å². The summed E-state index contributed by atoms with van der Waals surface area (Å²) >= 11 is 0. The average molecular weight is 305 g/mol. The van der Waals surface area contributed by atoms with E-state index in [0.717, 1.165) is 32.2 Å². The van der Waals surface area contributed by atoms with Crippen LogP contribution in [0.1, 0.15) is 25.7 Å². The first kappa shape index (κ1) is 16.5. The third kappa shape index (κ3) is 5.83. The lowest BCUT2D eigenvalue weighted by molar-refractivity contribution is -0.121. The van der Waals surface area contributed by atoms with E-state index in [0.29, 0.717) is 11.7 Å². The lowest BCUT2D eigenvalue weighted by atomic mass is 10.3. The van der Waals surface area contributed by atoms with E-state index in [1.165, 1.54) is 0 Å². The number of anilines is 1. The van der Waals surface area contributed by atoms with Crippen LogP contribution in [0.3, 0.4) is 0 Å². The standard InChI is InChI=1S/C16H23N3O3/c20-11-5-4-10-19(14-8-9-14)12-15(21)18-16(22)17-13-6-2-1-3-7-13/h1-3,6-7,14,20H,4-5,8-12H2,(H2,17,18,21,22). The molecular weight excluding hydrogens is 282 g/mol. The Morgan fingerprint density at radius 2 is 1.91 bits per heavy atom.